The number of hydrogen-bond donors (Lipinski definition) is 1. The van der Waals surface area contributed by atoms with Crippen molar-refractivity contribution < 1.29 is 17.9 Å². The Morgan fingerprint density at radius 2 is 1.91 bits per heavy atom. The maximum Gasteiger partial charge on any atom is 0.218 e. The van der Waals surface area contributed by atoms with Gasteiger partial charge in [0.15, 0.2) is 0 Å². The van der Waals surface area contributed by atoms with Gasteiger partial charge >= 0.3 is 0 Å². The van der Waals surface area contributed by atoms with E-state index in [1.54, 1.807) is 0 Å². The van der Waals surface area contributed by atoms with Crippen LogP contribution in [0.3, 0.4) is 0 Å². The van der Waals surface area contributed by atoms with Crippen LogP contribution in [0, 0.1) is 11.2 Å². The molecule has 0 atom stereocenters. The molecule has 22 heavy (non-hydrogen) atoms. The summed E-state index contributed by atoms with van der Waals surface area (Å²) >= 11 is 5.93. The summed E-state index contributed by atoms with van der Waals surface area (Å²) in [6.07, 6.45) is 1.33. The highest BCUT2D eigenvalue weighted by atomic mass is 35.5. The zero-order chi connectivity index (χ0) is 17.0. The molecular formula is C15H23ClFNO3S. The Kier molecular flexibility index (Phi) is 6.80. The fourth-order valence-corrected chi connectivity index (χ4v) is 3.86. The first-order chi connectivity index (χ1) is 10.2. The van der Waals surface area contributed by atoms with Crippen molar-refractivity contribution in [2.45, 2.75) is 32.4 Å². The molecule has 1 rings (SSSR count). The number of aliphatic hydroxyl groups excluding tert-OH is 1. The zero-order valence-electron chi connectivity index (χ0n) is 13.1. The smallest absolute Gasteiger partial charge is 0.218 e. The molecule has 0 radical (unpaired) electrons. The van der Waals surface area contributed by atoms with Crippen LogP contribution < -0.4 is 0 Å². The monoisotopic (exact) mass is 351 g/mol. The second-order valence-corrected chi connectivity index (χ2v) is 8.10. The van der Waals surface area contributed by atoms with E-state index in [4.69, 9.17) is 11.6 Å². The van der Waals surface area contributed by atoms with Crippen molar-refractivity contribution in [3.63, 3.8) is 0 Å². The van der Waals surface area contributed by atoms with Crippen molar-refractivity contribution in [2.24, 2.45) is 5.41 Å². The summed E-state index contributed by atoms with van der Waals surface area (Å²) in [7, 11) is -2.17. The van der Waals surface area contributed by atoms with E-state index in [9.17, 15) is 17.9 Å². The lowest BCUT2D eigenvalue weighted by Gasteiger charge is -2.33. The second kappa shape index (κ2) is 7.73. The predicted molar refractivity (Wildman–Crippen MR) is 86.8 cm³/mol. The average molecular weight is 352 g/mol. The molecule has 0 aliphatic carbocycles. The van der Waals surface area contributed by atoms with Crippen molar-refractivity contribution in [1.29, 1.82) is 0 Å². The van der Waals surface area contributed by atoms with Gasteiger partial charge in [-0.3, -0.25) is 0 Å². The topological polar surface area (TPSA) is 57.6 Å². The fourth-order valence-electron chi connectivity index (χ4n) is 2.28. The van der Waals surface area contributed by atoms with Gasteiger partial charge in [0.2, 0.25) is 10.0 Å². The molecule has 4 nitrogen and oxygen atoms in total. The van der Waals surface area contributed by atoms with Gasteiger partial charge in [0.25, 0.3) is 0 Å². The number of aliphatic hydroxyl groups is 1. The molecule has 0 heterocycles. The summed E-state index contributed by atoms with van der Waals surface area (Å²) < 4.78 is 39.4. The predicted octanol–water partition coefficient (Wildman–Crippen LogP) is 3.04. The first-order valence-corrected chi connectivity index (χ1v) is 9.17. The molecule has 1 aromatic carbocycles. The van der Waals surface area contributed by atoms with Gasteiger partial charge in [-0.05, 0) is 36.6 Å². The lowest BCUT2D eigenvalue weighted by atomic mass is 9.83. The molecule has 1 N–H and O–H groups in total. The highest BCUT2D eigenvalue weighted by Gasteiger charge is 2.31. The minimum Gasteiger partial charge on any atom is -0.396 e. The SMILES string of the molecule is CCC(CC)(CO)CN(C)S(=O)(=O)Cc1cc(F)ccc1Cl. The molecule has 0 saturated carbocycles. The average Bonchev–Trinajstić information content (AvgIpc) is 2.48. The quantitative estimate of drug-likeness (QED) is 0.783. The third kappa shape index (κ3) is 4.65. The van der Waals surface area contributed by atoms with Crippen molar-refractivity contribution in [2.75, 3.05) is 20.2 Å². The van der Waals surface area contributed by atoms with Crippen molar-refractivity contribution in [3.05, 3.63) is 34.6 Å². The zero-order valence-corrected chi connectivity index (χ0v) is 14.7. The van der Waals surface area contributed by atoms with E-state index in [0.29, 0.717) is 12.8 Å². The molecule has 0 aromatic heterocycles. The van der Waals surface area contributed by atoms with E-state index in [1.807, 2.05) is 13.8 Å². The standard InChI is InChI=1S/C15H23ClFNO3S/c1-4-15(5-2,11-19)10-18(3)22(20,21)9-12-8-13(17)6-7-14(12)16/h6-8,19H,4-5,9-11H2,1-3H3. The van der Waals surface area contributed by atoms with Crippen LogP contribution >= 0.6 is 11.6 Å². The van der Waals surface area contributed by atoms with Gasteiger partial charge in [0.1, 0.15) is 5.82 Å². The van der Waals surface area contributed by atoms with Crippen LogP contribution in [-0.4, -0.2) is 38.0 Å². The van der Waals surface area contributed by atoms with Gasteiger partial charge in [0.05, 0.1) is 5.75 Å². The van der Waals surface area contributed by atoms with E-state index in [2.05, 4.69) is 0 Å². The molecule has 0 bridgehead atoms. The Morgan fingerprint density at radius 3 is 2.41 bits per heavy atom. The Balaban J connectivity index is 2.96. The van der Waals surface area contributed by atoms with E-state index >= 15 is 0 Å². The summed E-state index contributed by atoms with van der Waals surface area (Å²) in [6, 6.07) is 3.66. The maximum atomic E-state index is 13.3. The Morgan fingerprint density at radius 1 is 1.32 bits per heavy atom. The van der Waals surface area contributed by atoms with Crippen molar-refractivity contribution in [1.82, 2.24) is 4.31 Å². The summed E-state index contributed by atoms with van der Waals surface area (Å²) in [5.74, 6) is -0.890. The van der Waals surface area contributed by atoms with Gasteiger partial charge in [-0.15, -0.1) is 0 Å². The van der Waals surface area contributed by atoms with Crippen LogP contribution in [0.15, 0.2) is 18.2 Å². The van der Waals surface area contributed by atoms with Gasteiger partial charge in [-0.1, -0.05) is 25.4 Å². The van der Waals surface area contributed by atoms with Crippen LogP contribution in [0.2, 0.25) is 5.02 Å². The molecule has 0 fully saturated rings. The fraction of sp³-hybridized carbons (Fsp3) is 0.600. The number of nitrogens with zero attached hydrogens (tertiary/aromatic N) is 1. The van der Waals surface area contributed by atoms with E-state index in [0.717, 1.165) is 6.07 Å². The molecule has 7 heteroatoms. The van der Waals surface area contributed by atoms with Gasteiger partial charge in [-0.25, -0.2) is 17.1 Å². The lowest BCUT2D eigenvalue weighted by Crippen LogP contribution is -2.41. The van der Waals surface area contributed by atoms with Crippen molar-refractivity contribution >= 4 is 21.6 Å². The van der Waals surface area contributed by atoms with E-state index in [-0.39, 0.29) is 29.5 Å². The van der Waals surface area contributed by atoms with Crippen LogP contribution in [-0.2, 0) is 15.8 Å². The number of sulfonamides is 1. The first kappa shape index (κ1) is 19.4. The summed E-state index contributed by atoms with van der Waals surface area (Å²) in [5.41, 5.74) is -0.232. The molecule has 0 amide bonds. The highest BCUT2D eigenvalue weighted by molar-refractivity contribution is 7.88. The Labute approximate surface area is 136 Å². The van der Waals surface area contributed by atoms with Gasteiger partial charge in [0, 0.05) is 30.6 Å². The third-order valence-corrected chi connectivity index (χ3v) is 6.34. The van der Waals surface area contributed by atoms with Crippen LogP contribution in [0.4, 0.5) is 4.39 Å². The molecule has 0 aliphatic heterocycles. The molecule has 0 saturated heterocycles. The number of rotatable bonds is 8. The Bertz CT molecular complexity index is 595. The first-order valence-electron chi connectivity index (χ1n) is 7.18. The maximum absolute atomic E-state index is 13.3. The summed E-state index contributed by atoms with van der Waals surface area (Å²) in [5, 5.41) is 9.79. The largest absolute Gasteiger partial charge is 0.396 e. The van der Waals surface area contributed by atoms with Crippen LogP contribution in [0.1, 0.15) is 32.3 Å². The molecular weight excluding hydrogens is 329 g/mol. The minimum atomic E-state index is -3.64. The van der Waals surface area contributed by atoms with Crippen LogP contribution in [0.25, 0.3) is 0 Å². The van der Waals surface area contributed by atoms with E-state index < -0.39 is 21.3 Å². The minimum absolute atomic E-state index is 0.0828. The molecule has 0 spiro atoms. The lowest BCUT2D eigenvalue weighted by molar-refractivity contribution is 0.0971. The number of halogens is 2. The van der Waals surface area contributed by atoms with Gasteiger partial charge in [-0.2, -0.15) is 0 Å². The third-order valence-electron chi connectivity index (χ3n) is 4.21. The Hall–Kier alpha value is -0.690. The molecule has 126 valence electrons. The molecule has 0 unspecified atom stereocenters. The normalized spacial score (nSPS) is 12.9. The number of hydrogen-bond acceptors (Lipinski definition) is 3. The highest BCUT2D eigenvalue weighted by Crippen LogP contribution is 2.28. The second-order valence-electron chi connectivity index (χ2n) is 5.61. The van der Waals surface area contributed by atoms with E-state index in [1.165, 1.54) is 23.5 Å². The summed E-state index contributed by atoms with van der Waals surface area (Å²) in [4.78, 5) is 0. The van der Waals surface area contributed by atoms with Crippen LogP contribution in [0.5, 0.6) is 0 Å². The molecule has 0 aliphatic rings. The summed E-state index contributed by atoms with van der Waals surface area (Å²) in [6.45, 7) is 3.97. The number of benzene rings is 1. The van der Waals surface area contributed by atoms with Crippen molar-refractivity contribution in [3.8, 4) is 0 Å². The molecule has 1 aromatic rings. The van der Waals surface area contributed by atoms with Gasteiger partial charge < -0.3 is 5.11 Å².